The number of rotatable bonds is 4. The van der Waals surface area contributed by atoms with E-state index >= 15 is 0 Å². The van der Waals surface area contributed by atoms with Crippen molar-refractivity contribution in [2.45, 2.75) is 18.0 Å². The first-order valence-electron chi connectivity index (χ1n) is 4.65. The molecule has 0 N–H and O–H groups in total. The molecule has 2 rings (SSSR count). The van der Waals surface area contributed by atoms with Crippen LogP contribution in [0.5, 0.6) is 0 Å². The first-order valence-corrected chi connectivity index (χ1v) is 6.96. The standard InChI is InChI=1S/C8H7ClF2N4O2S/c9-18(16,17)6-3-13-14(4-6)5-7-12-1-2-15(7)8(10)11/h1-4,8H,5H2. The summed E-state index contributed by atoms with van der Waals surface area (Å²) >= 11 is 0. The fourth-order valence-electron chi connectivity index (χ4n) is 1.35. The van der Waals surface area contributed by atoms with Crippen molar-refractivity contribution in [1.82, 2.24) is 19.3 Å². The van der Waals surface area contributed by atoms with E-state index in [1.165, 1.54) is 6.20 Å². The Hall–Kier alpha value is -1.48. The molecule has 18 heavy (non-hydrogen) atoms. The molecule has 0 saturated carbocycles. The lowest BCUT2D eigenvalue weighted by Crippen LogP contribution is -2.09. The van der Waals surface area contributed by atoms with E-state index < -0.39 is 15.6 Å². The predicted molar refractivity (Wildman–Crippen MR) is 57.8 cm³/mol. The second-order valence-corrected chi connectivity index (χ2v) is 5.91. The Balaban J connectivity index is 2.24. The van der Waals surface area contributed by atoms with Crippen LogP contribution in [0.3, 0.4) is 0 Å². The second-order valence-electron chi connectivity index (χ2n) is 3.34. The SMILES string of the molecule is O=S(=O)(Cl)c1cnn(Cc2nccn2C(F)F)c1. The van der Waals surface area contributed by atoms with Crippen LogP contribution in [0.2, 0.25) is 0 Å². The smallest absolute Gasteiger partial charge is 0.276 e. The van der Waals surface area contributed by atoms with E-state index in [1.807, 2.05) is 0 Å². The van der Waals surface area contributed by atoms with E-state index in [0.717, 1.165) is 23.3 Å². The minimum atomic E-state index is -3.87. The topological polar surface area (TPSA) is 69.8 Å². The van der Waals surface area contributed by atoms with E-state index in [-0.39, 0.29) is 17.3 Å². The van der Waals surface area contributed by atoms with Crippen molar-refractivity contribution in [1.29, 1.82) is 0 Å². The van der Waals surface area contributed by atoms with Crippen molar-refractivity contribution in [3.8, 4) is 0 Å². The Labute approximate surface area is 105 Å². The molecule has 0 unspecified atom stereocenters. The lowest BCUT2D eigenvalue weighted by atomic mass is 10.6. The largest absolute Gasteiger partial charge is 0.319 e. The Bertz CT molecular complexity index is 652. The van der Waals surface area contributed by atoms with Gasteiger partial charge in [-0.2, -0.15) is 13.9 Å². The van der Waals surface area contributed by atoms with Crippen molar-refractivity contribution < 1.29 is 17.2 Å². The third kappa shape index (κ3) is 2.67. The van der Waals surface area contributed by atoms with Crippen molar-refractivity contribution in [3.63, 3.8) is 0 Å². The lowest BCUT2D eigenvalue weighted by molar-refractivity contribution is 0.0665. The van der Waals surface area contributed by atoms with Crippen LogP contribution in [0, 0.1) is 0 Å². The predicted octanol–water partition coefficient (Wildman–Crippen LogP) is 1.45. The maximum Gasteiger partial charge on any atom is 0.319 e. The van der Waals surface area contributed by atoms with Crippen LogP contribution < -0.4 is 0 Å². The van der Waals surface area contributed by atoms with E-state index in [2.05, 4.69) is 10.1 Å². The summed E-state index contributed by atoms with van der Waals surface area (Å²) in [6, 6.07) is 0. The molecule has 0 radical (unpaired) electrons. The van der Waals surface area contributed by atoms with Crippen molar-refractivity contribution in [2.75, 3.05) is 0 Å². The van der Waals surface area contributed by atoms with Crippen LogP contribution in [-0.2, 0) is 15.6 Å². The summed E-state index contributed by atoms with van der Waals surface area (Å²) in [6.07, 6.45) is 4.54. The van der Waals surface area contributed by atoms with Crippen LogP contribution >= 0.6 is 10.7 Å². The maximum absolute atomic E-state index is 12.5. The Morgan fingerprint density at radius 3 is 2.72 bits per heavy atom. The summed E-state index contributed by atoms with van der Waals surface area (Å²) in [4.78, 5) is 3.55. The molecule has 2 aromatic rings. The van der Waals surface area contributed by atoms with Gasteiger partial charge in [0.15, 0.2) is 0 Å². The zero-order valence-corrected chi connectivity index (χ0v) is 10.3. The molecule has 0 atom stereocenters. The molecule has 6 nitrogen and oxygen atoms in total. The molecule has 0 aliphatic heterocycles. The Kier molecular flexibility index (Phi) is 3.35. The van der Waals surface area contributed by atoms with Crippen LogP contribution in [0.15, 0.2) is 29.7 Å². The molecule has 0 spiro atoms. The van der Waals surface area contributed by atoms with Crippen molar-refractivity contribution in [2.24, 2.45) is 0 Å². The van der Waals surface area contributed by atoms with E-state index in [0.29, 0.717) is 4.57 Å². The van der Waals surface area contributed by atoms with Gasteiger partial charge < -0.3 is 0 Å². The molecule has 0 fully saturated rings. The third-order valence-electron chi connectivity index (χ3n) is 2.15. The molecule has 0 aliphatic carbocycles. The van der Waals surface area contributed by atoms with Crippen molar-refractivity contribution in [3.05, 3.63) is 30.6 Å². The number of imidazole rings is 1. The fraction of sp³-hybridized carbons (Fsp3) is 0.250. The first-order chi connectivity index (χ1) is 8.38. The Morgan fingerprint density at radius 1 is 1.44 bits per heavy atom. The summed E-state index contributed by atoms with van der Waals surface area (Å²) in [5.74, 6) is 0.0617. The molecule has 0 bridgehead atoms. The normalized spacial score (nSPS) is 12.2. The highest BCUT2D eigenvalue weighted by molar-refractivity contribution is 8.13. The molecule has 0 aliphatic rings. The molecule has 0 aromatic carbocycles. The Morgan fingerprint density at radius 2 is 2.17 bits per heavy atom. The van der Waals surface area contributed by atoms with E-state index in [9.17, 15) is 17.2 Å². The molecule has 0 saturated heterocycles. The zero-order valence-electron chi connectivity index (χ0n) is 8.74. The van der Waals surface area contributed by atoms with Gasteiger partial charge in [-0.15, -0.1) is 0 Å². The summed E-state index contributed by atoms with van der Waals surface area (Å²) in [6.45, 7) is -2.79. The summed E-state index contributed by atoms with van der Waals surface area (Å²) < 4.78 is 48.9. The molecule has 2 heterocycles. The van der Waals surface area contributed by atoms with Crippen molar-refractivity contribution >= 4 is 19.7 Å². The van der Waals surface area contributed by atoms with Gasteiger partial charge in [-0.05, 0) is 0 Å². The average molecular weight is 297 g/mol. The van der Waals surface area contributed by atoms with Crippen LogP contribution in [0.25, 0.3) is 0 Å². The number of nitrogens with zero attached hydrogens (tertiary/aromatic N) is 4. The summed E-state index contributed by atoms with van der Waals surface area (Å²) in [7, 11) is 1.24. The first kappa shape index (κ1) is 13.0. The number of halogens is 3. The zero-order chi connectivity index (χ0) is 13.3. The van der Waals surface area contributed by atoms with E-state index in [1.54, 1.807) is 0 Å². The van der Waals surface area contributed by atoms with Crippen LogP contribution in [-0.4, -0.2) is 27.7 Å². The second kappa shape index (κ2) is 4.65. The van der Waals surface area contributed by atoms with Gasteiger partial charge in [-0.3, -0.25) is 9.25 Å². The fourth-order valence-corrected chi connectivity index (χ4v) is 2.01. The lowest BCUT2D eigenvalue weighted by Gasteiger charge is -2.05. The number of aromatic nitrogens is 4. The summed E-state index contributed by atoms with van der Waals surface area (Å²) in [5, 5.41) is 3.71. The highest BCUT2D eigenvalue weighted by Crippen LogP contribution is 2.16. The van der Waals surface area contributed by atoms with Gasteiger partial charge in [-0.1, -0.05) is 0 Å². The quantitative estimate of drug-likeness (QED) is 0.801. The van der Waals surface area contributed by atoms with Gasteiger partial charge in [0, 0.05) is 29.3 Å². The number of hydrogen-bond donors (Lipinski definition) is 0. The highest BCUT2D eigenvalue weighted by Gasteiger charge is 2.15. The minimum absolute atomic E-state index is 0.0617. The van der Waals surface area contributed by atoms with Gasteiger partial charge in [0.1, 0.15) is 10.7 Å². The van der Waals surface area contributed by atoms with Gasteiger partial charge in [0.25, 0.3) is 9.05 Å². The maximum atomic E-state index is 12.5. The monoisotopic (exact) mass is 296 g/mol. The third-order valence-corrected chi connectivity index (χ3v) is 3.46. The molecule has 2 aromatic heterocycles. The number of alkyl halides is 2. The molecular formula is C8H7ClF2N4O2S. The average Bonchev–Trinajstić information content (AvgIpc) is 2.85. The molecule has 10 heteroatoms. The van der Waals surface area contributed by atoms with Gasteiger partial charge >= 0.3 is 6.55 Å². The van der Waals surface area contributed by atoms with E-state index in [4.69, 9.17) is 10.7 Å². The van der Waals surface area contributed by atoms with Crippen LogP contribution in [0.1, 0.15) is 12.4 Å². The molecular weight excluding hydrogens is 290 g/mol. The minimum Gasteiger partial charge on any atom is -0.276 e. The van der Waals surface area contributed by atoms with Gasteiger partial charge in [0.2, 0.25) is 0 Å². The van der Waals surface area contributed by atoms with Gasteiger partial charge in [0.05, 0.1) is 12.7 Å². The highest BCUT2D eigenvalue weighted by atomic mass is 35.7. The number of hydrogen-bond acceptors (Lipinski definition) is 4. The van der Waals surface area contributed by atoms with Gasteiger partial charge in [-0.25, -0.2) is 13.4 Å². The van der Waals surface area contributed by atoms with Crippen LogP contribution in [0.4, 0.5) is 8.78 Å². The molecule has 98 valence electrons. The molecule has 0 amide bonds. The summed E-state index contributed by atoms with van der Waals surface area (Å²) in [5.41, 5.74) is 0.